The van der Waals surface area contributed by atoms with Crippen LogP contribution in [0.1, 0.15) is 77.8 Å². The number of hydrogen-bond acceptors (Lipinski definition) is 8. The number of ketones is 3. The van der Waals surface area contributed by atoms with Crippen molar-refractivity contribution < 1.29 is 33.8 Å². The predicted molar refractivity (Wildman–Crippen MR) is 249 cm³/mol. The third kappa shape index (κ3) is 20.7. The highest BCUT2D eigenvalue weighted by Gasteiger charge is 2.38. The van der Waals surface area contributed by atoms with Crippen LogP contribution >= 0.6 is 65.6 Å². The summed E-state index contributed by atoms with van der Waals surface area (Å²) < 4.78 is 5.41. The minimum atomic E-state index is -1.79. The fourth-order valence-corrected chi connectivity index (χ4v) is 6.97. The number of carbonyl (C=O) groups excluding carboxylic acids is 5. The molecule has 0 spiro atoms. The van der Waals surface area contributed by atoms with Crippen LogP contribution in [0.25, 0.3) is 0 Å². The number of halogens is 1. The van der Waals surface area contributed by atoms with Crippen LogP contribution in [0, 0.1) is 23.7 Å². The third-order valence-electron chi connectivity index (χ3n) is 9.69. The molecule has 2 amide bonds. The van der Waals surface area contributed by atoms with Gasteiger partial charge in [-0.3, -0.25) is 28.9 Å². The molecule has 1 saturated heterocycles. The van der Waals surface area contributed by atoms with Crippen molar-refractivity contribution in [2.75, 3.05) is 38.7 Å². The highest BCUT2D eigenvalue weighted by Crippen LogP contribution is 2.26. The zero-order valence-electron chi connectivity index (χ0n) is 34.2. The van der Waals surface area contributed by atoms with Gasteiger partial charge in [-0.15, -0.1) is 11.6 Å². The zero-order valence-corrected chi connectivity index (χ0v) is 38.9. The van der Waals surface area contributed by atoms with Gasteiger partial charge in [-0.2, -0.15) is 54.0 Å². The van der Waals surface area contributed by atoms with E-state index in [2.05, 4.69) is 10.6 Å². The van der Waals surface area contributed by atoms with Gasteiger partial charge in [0.05, 0.1) is 37.7 Å². The van der Waals surface area contributed by atoms with E-state index in [0.29, 0.717) is 52.0 Å². The Kier molecular flexibility index (Phi) is 29.3. The molecule has 1 unspecified atom stereocenters. The van der Waals surface area contributed by atoms with Gasteiger partial charge in [-0.25, -0.2) is 0 Å². The van der Waals surface area contributed by atoms with E-state index in [0.717, 1.165) is 11.1 Å². The Morgan fingerprint density at radius 3 is 1.77 bits per heavy atom. The van der Waals surface area contributed by atoms with E-state index < -0.39 is 41.2 Å². The third-order valence-corrected chi connectivity index (χ3v) is 10.2. The molecule has 3 N–H and O–H groups in total. The lowest BCUT2D eigenvalue weighted by atomic mass is 9.81. The molecule has 324 valence electrons. The fraction of sp³-hybridized carbons (Fsp3) is 0.595. The summed E-state index contributed by atoms with van der Waals surface area (Å²) in [7, 11) is 0. The molecule has 15 heteroatoms. The number of aliphatic hydroxyl groups is 1. The largest absolute Gasteiger partial charge is 0.381 e. The lowest BCUT2D eigenvalue weighted by molar-refractivity contribution is -0.141. The number of aryl methyl sites for hydroxylation is 1. The molecule has 0 aliphatic carbocycles. The van der Waals surface area contributed by atoms with Crippen LogP contribution in [-0.4, -0.2) is 95.6 Å². The first-order chi connectivity index (χ1) is 25.2. The second-order valence-corrected chi connectivity index (χ2v) is 15.8. The van der Waals surface area contributed by atoms with Crippen LogP contribution in [0.5, 0.6) is 0 Å². The number of amides is 2. The second-order valence-electron chi connectivity index (χ2n) is 15.5. The zero-order chi connectivity index (χ0) is 39.0. The molecule has 3 rings (SSSR count). The number of hydrogen-bond donors (Lipinski definition) is 3. The quantitative estimate of drug-likeness (QED) is 0.126. The molecule has 0 aromatic heterocycles. The molecule has 0 radical (unpaired) electrons. The van der Waals surface area contributed by atoms with Crippen molar-refractivity contribution in [3.8, 4) is 0 Å². The number of ether oxygens (including phenoxy) is 1. The highest BCUT2D eigenvalue weighted by atomic mass is 35.5. The van der Waals surface area contributed by atoms with Crippen LogP contribution in [0.4, 0.5) is 0 Å². The molecular weight excluding hydrogens is 822 g/mol. The van der Waals surface area contributed by atoms with Crippen LogP contribution in [0.3, 0.4) is 0 Å². The molecule has 1 aliphatic rings. The summed E-state index contributed by atoms with van der Waals surface area (Å²) in [6, 6.07) is 17.3. The van der Waals surface area contributed by atoms with Crippen molar-refractivity contribution >= 4 is 94.7 Å². The van der Waals surface area contributed by atoms with E-state index in [4.69, 9.17) is 16.3 Å². The van der Waals surface area contributed by atoms with E-state index >= 15 is 0 Å². The molecule has 5 atom stereocenters. The maximum atomic E-state index is 14.2. The van der Waals surface area contributed by atoms with E-state index in [1.807, 2.05) is 93.3 Å². The van der Waals surface area contributed by atoms with Crippen molar-refractivity contribution in [1.82, 2.24) is 15.5 Å². The average molecular weight is 891 g/mol. The smallest absolute Gasteiger partial charge is 0.234 e. The summed E-state index contributed by atoms with van der Waals surface area (Å²) in [6.45, 7) is 11.7. The molecule has 1 aliphatic heterocycles. The van der Waals surface area contributed by atoms with Gasteiger partial charge in [0.15, 0.2) is 17.3 Å². The SMILES string of the molecule is CC(C)C[C@H](CC(=O)[C@H](CCc1ccccc1)NC(=O)CN1CCOCC1)C(=O)N[C@@H](Cc1ccccc1)C(=O)C[C@@H](CC(C)C)C(=O)C(C)(O)CCl.S.S.S.S. The lowest BCUT2D eigenvalue weighted by Gasteiger charge is -2.29. The van der Waals surface area contributed by atoms with Gasteiger partial charge in [0, 0.05) is 37.8 Å². The topological polar surface area (TPSA) is 142 Å². The van der Waals surface area contributed by atoms with Gasteiger partial charge in [-0.1, -0.05) is 88.4 Å². The normalized spacial score (nSPS) is 15.8. The van der Waals surface area contributed by atoms with Crippen molar-refractivity contribution in [3.63, 3.8) is 0 Å². The minimum absolute atomic E-state index is 0. The molecule has 0 bridgehead atoms. The standard InChI is InChI=1S/C42H60ClN3O7.4H2S/c1-29(2)22-33(40(50)42(5,52)28-43)25-38(48)36(24-32-14-10-7-11-15-32)45-41(51)34(23-30(3)4)26-37(47)35(17-16-31-12-8-6-9-13-31)44-39(49)27-46-18-20-53-21-19-46;;;;/h6-15,29-30,33-36,52H,16-28H2,1-5H3,(H,44,49)(H,45,51);4*1H2/t33-,34-,35+,36+,42?;;;;/m1..../s1. The van der Waals surface area contributed by atoms with Gasteiger partial charge in [0.2, 0.25) is 11.8 Å². The van der Waals surface area contributed by atoms with Crippen LogP contribution < -0.4 is 10.6 Å². The minimum Gasteiger partial charge on any atom is -0.381 e. The Bertz CT molecular complexity index is 1480. The van der Waals surface area contributed by atoms with Crippen molar-refractivity contribution in [2.45, 2.75) is 97.2 Å². The number of nitrogens with zero attached hydrogens (tertiary/aromatic N) is 1. The van der Waals surface area contributed by atoms with E-state index in [9.17, 15) is 29.1 Å². The summed E-state index contributed by atoms with van der Waals surface area (Å²) in [6.07, 6.45) is 1.61. The number of carbonyl (C=O) groups is 5. The average Bonchev–Trinajstić information content (AvgIpc) is 3.12. The number of morpholine rings is 1. The number of nitrogens with one attached hydrogen (secondary N) is 2. The maximum absolute atomic E-state index is 14.2. The van der Waals surface area contributed by atoms with Crippen molar-refractivity contribution in [3.05, 3.63) is 71.8 Å². The van der Waals surface area contributed by atoms with Crippen molar-refractivity contribution in [1.29, 1.82) is 0 Å². The highest BCUT2D eigenvalue weighted by molar-refractivity contribution is 7.59. The Hall–Kier alpha value is -2.04. The second kappa shape index (κ2) is 29.2. The number of benzene rings is 2. The molecule has 2 aromatic carbocycles. The Labute approximate surface area is 373 Å². The van der Waals surface area contributed by atoms with Crippen LogP contribution in [-0.2, 0) is 41.6 Å². The number of rotatable bonds is 23. The van der Waals surface area contributed by atoms with E-state index in [1.54, 1.807) is 0 Å². The molecule has 2 aromatic rings. The van der Waals surface area contributed by atoms with Gasteiger partial charge in [0.25, 0.3) is 0 Å². The summed E-state index contributed by atoms with van der Waals surface area (Å²) in [5.41, 5.74) is 0.0658. The van der Waals surface area contributed by atoms with Gasteiger partial charge in [-0.05, 0) is 62.0 Å². The molecular formula is C42H68ClN3O7S4. The summed E-state index contributed by atoms with van der Waals surface area (Å²) in [5, 5.41) is 16.6. The lowest BCUT2D eigenvalue weighted by Crippen LogP contribution is -2.50. The van der Waals surface area contributed by atoms with Gasteiger partial charge < -0.3 is 20.5 Å². The monoisotopic (exact) mass is 889 g/mol. The van der Waals surface area contributed by atoms with E-state index in [1.165, 1.54) is 6.92 Å². The fourth-order valence-electron chi connectivity index (χ4n) is 6.84. The van der Waals surface area contributed by atoms with E-state index in [-0.39, 0.29) is 115 Å². The first-order valence-electron chi connectivity index (χ1n) is 19.0. The van der Waals surface area contributed by atoms with Gasteiger partial charge >= 0.3 is 0 Å². The first kappa shape index (κ1) is 57.1. The number of Topliss-reactive ketones (excluding diaryl/α,β-unsaturated/α-hetero) is 3. The Morgan fingerprint density at radius 2 is 1.25 bits per heavy atom. The molecule has 10 nitrogen and oxygen atoms in total. The van der Waals surface area contributed by atoms with Crippen LogP contribution in [0.2, 0.25) is 0 Å². The molecule has 0 saturated carbocycles. The Balaban J connectivity index is 0. The van der Waals surface area contributed by atoms with Gasteiger partial charge in [0.1, 0.15) is 5.60 Å². The summed E-state index contributed by atoms with van der Waals surface area (Å²) in [5.74, 6) is -3.48. The molecule has 1 fully saturated rings. The summed E-state index contributed by atoms with van der Waals surface area (Å²) >= 11 is 5.94. The van der Waals surface area contributed by atoms with Crippen molar-refractivity contribution in [2.24, 2.45) is 23.7 Å². The molecule has 1 heterocycles. The maximum Gasteiger partial charge on any atom is 0.234 e. The Morgan fingerprint density at radius 1 is 0.754 bits per heavy atom. The molecule has 57 heavy (non-hydrogen) atoms. The first-order valence-corrected chi connectivity index (χ1v) is 19.6. The predicted octanol–water partition coefficient (Wildman–Crippen LogP) is 5.42. The number of alkyl halides is 1. The van der Waals surface area contributed by atoms with Crippen LogP contribution in [0.15, 0.2) is 60.7 Å². The summed E-state index contributed by atoms with van der Waals surface area (Å²) in [4.78, 5) is 70.9.